The molecule has 1 atom stereocenters. The van der Waals surface area contributed by atoms with E-state index in [1.165, 1.54) is 34.2 Å². The van der Waals surface area contributed by atoms with Crippen LogP contribution in [0.1, 0.15) is 11.1 Å². The van der Waals surface area contributed by atoms with Gasteiger partial charge in [0.15, 0.2) is 5.17 Å². The lowest BCUT2D eigenvalue weighted by Crippen LogP contribution is -2.26. The van der Waals surface area contributed by atoms with Crippen molar-refractivity contribution in [3.05, 3.63) is 59.7 Å². The third-order valence-corrected chi connectivity index (χ3v) is 5.93. The molecule has 4 rings (SSSR count). The molecule has 2 heterocycles. The Morgan fingerprint density at radius 3 is 2.79 bits per heavy atom. The number of fused-ring (bicyclic) bond motifs is 1. The minimum Gasteiger partial charge on any atom is -0.304 e. The number of nitrogens with one attached hydrogen (secondary N) is 1. The van der Waals surface area contributed by atoms with E-state index in [1.807, 2.05) is 36.4 Å². The Kier molecular flexibility index (Phi) is 4.08. The molecule has 1 saturated heterocycles. The van der Waals surface area contributed by atoms with Crippen molar-refractivity contribution in [1.82, 2.24) is 10.3 Å². The van der Waals surface area contributed by atoms with Gasteiger partial charge in [0.05, 0.1) is 15.5 Å². The van der Waals surface area contributed by atoms with Crippen LogP contribution >= 0.6 is 23.1 Å². The molecule has 4 nitrogen and oxygen atoms in total. The standard InChI is InChI=1S/C18H15N3OS2/c1-11-6-2-3-7-12(11)10-15-16(22)20-18(24-15)21-17-19-13-8-4-5-9-14(13)23-17/h2-9,15H,10H2,1H3,(H,19,20,21,22). The summed E-state index contributed by atoms with van der Waals surface area (Å²) in [5.41, 5.74) is 3.35. The van der Waals surface area contributed by atoms with Gasteiger partial charge in [-0.1, -0.05) is 59.5 Å². The normalized spacial score (nSPS) is 19.1. The number of para-hydroxylation sites is 1. The third kappa shape index (κ3) is 3.07. The van der Waals surface area contributed by atoms with Gasteiger partial charge in [0.25, 0.3) is 0 Å². The number of aryl methyl sites for hydroxylation is 1. The number of benzene rings is 2. The highest BCUT2D eigenvalue weighted by Crippen LogP contribution is 2.31. The van der Waals surface area contributed by atoms with Crippen LogP contribution in [-0.2, 0) is 11.2 Å². The predicted molar refractivity (Wildman–Crippen MR) is 101 cm³/mol. The number of amides is 1. The van der Waals surface area contributed by atoms with Gasteiger partial charge in [-0.25, -0.2) is 4.98 Å². The van der Waals surface area contributed by atoms with E-state index in [4.69, 9.17) is 0 Å². The number of aromatic nitrogens is 1. The summed E-state index contributed by atoms with van der Waals surface area (Å²) in [4.78, 5) is 21.2. The molecule has 24 heavy (non-hydrogen) atoms. The molecule has 2 aromatic carbocycles. The Labute approximate surface area is 148 Å². The lowest BCUT2D eigenvalue weighted by molar-refractivity contribution is -0.118. The fourth-order valence-corrected chi connectivity index (χ4v) is 4.52. The second kappa shape index (κ2) is 6.37. The second-order valence-corrected chi connectivity index (χ2v) is 7.81. The van der Waals surface area contributed by atoms with Crippen LogP contribution in [0.2, 0.25) is 0 Å². The molecule has 6 heteroatoms. The van der Waals surface area contributed by atoms with Crippen molar-refractivity contribution in [2.24, 2.45) is 4.99 Å². The molecular formula is C18H15N3OS2. The molecule has 0 aliphatic carbocycles. The van der Waals surface area contributed by atoms with E-state index < -0.39 is 0 Å². The first-order chi connectivity index (χ1) is 11.7. The van der Waals surface area contributed by atoms with Gasteiger partial charge in [-0.2, -0.15) is 4.99 Å². The molecule has 3 aromatic rings. The molecule has 1 aliphatic heterocycles. The van der Waals surface area contributed by atoms with Crippen LogP contribution in [0, 0.1) is 6.92 Å². The summed E-state index contributed by atoms with van der Waals surface area (Å²) >= 11 is 3.01. The van der Waals surface area contributed by atoms with Crippen LogP contribution in [0.4, 0.5) is 5.13 Å². The summed E-state index contributed by atoms with van der Waals surface area (Å²) in [6.07, 6.45) is 0.710. The van der Waals surface area contributed by atoms with Crippen molar-refractivity contribution in [3.8, 4) is 0 Å². The van der Waals surface area contributed by atoms with E-state index in [0.717, 1.165) is 10.2 Å². The summed E-state index contributed by atoms with van der Waals surface area (Å²) in [5.74, 6) is 0.0168. The highest BCUT2D eigenvalue weighted by molar-refractivity contribution is 8.15. The molecule has 120 valence electrons. The lowest BCUT2D eigenvalue weighted by atomic mass is 10.0. The molecule has 1 amide bonds. The first kappa shape index (κ1) is 15.4. The van der Waals surface area contributed by atoms with Crippen LogP contribution in [0.3, 0.4) is 0 Å². The van der Waals surface area contributed by atoms with Crippen molar-refractivity contribution < 1.29 is 4.79 Å². The van der Waals surface area contributed by atoms with Gasteiger partial charge < -0.3 is 5.32 Å². The zero-order valence-electron chi connectivity index (χ0n) is 13.0. The maximum Gasteiger partial charge on any atom is 0.239 e. The van der Waals surface area contributed by atoms with Gasteiger partial charge in [-0.15, -0.1) is 0 Å². The molecule has 1 fully saturated rings. The number of aliphatic imine (C=N–C) groups is 1. The fourth-order valence-electron chi connectivity index (χ4n) is 2.63. The zero-order chi connectivity index (χ0) is 16.5. The average molecular weight is 353 g/mol. The second-order valence-electron chi connectivity index (χ2n) is 5.61. The van der Waals surface area contributed by atoms with Gasteiger partial charge in [0.1, 0.15) is 0 Å². The van der Waals surface area contributed by atoms with E-state index in [0.29, 0.717) is 16.7 Å². The smallest absolute Gasteiger partial charge is 0.239 e. The number of rotatable bonds is 3. The van der Waals surface area contributed by atoms with Gasteiger partial charge in [0, 0.05) is 0 Å². The van der Waals surface area contributed by atoms with Crippen molar-refractivity contribution in [2.75, 3.05) is 0 Å². The van der Waals surface area contributed by atoms with E-state index in [9.17, 15) is 4.79 Å². The van der Waals surface area contributed by atoms with Crippen LogP contribution in [0.15, 0.2) is 53.5 Å². The minimum atomic E-state index is -0.140. The van der Waals surface area contributed by atoms with Gasteiger partial charge in [-0.05, 0) is 36.6 Å². The summed E-state index contributed by atoms with van der Waals surface area (Å²) in [5, 5.41) is 4.05. The Morgan fingerprint density at radius 2 is 1.96 bits per heavy atom. The van der Waals surface area contributed by atoms with E-state index in [1.54, 1.807) is 0 Å². The van der Waals surface area contributed by atoms with Crippen LogP contribution in [0.5, 0.6) is 0 Å². The molecule has 1 aliphatic rings. The Morgan fingerprint density at radius 1 is 1.17 bits per heavy atom. The minimum absolute atomic E-state index is 0.0168. The quantitative estimate of drug-likeness (QED) is 0.772. The Balaban J connectivity index is 1.54. The summed E-state index contributed by atoms with van der Waals surface area (Å²) < 4.78 is 1.10. The van der Waals surface area contributed by atoms with E-state index >= 15 is 0 Å². The molecule has 0 radical (unpaired) electrons. The number of hydrogen-bond donors (Lipinski definition) is 1. The highest BCUT2D eigenvalue weighted by Gasteiger charge is 2.30. The molecule has 0 bridgehead atoms. The van der Waals surface area contributed by atoms with Crippen LogP contribution in [-0.4, -0.2) is 21.3 Å². The maximum atomic E-state index is 12.2. The van der Waals surface area contributed by atoms with Gasteiger partial charge >= 0.3 is 0 Å². The number of thiazole rings is 1. The first-order valence-corrected chi connectivity index (χ1v) is 9.35. The SMILES string of the molecule is Cc1ccccc1CC1S/C(=N\c2nc3ccccc3s2)NC1=O. The Bertz CT molecular complexity index is 915. The number of nitrogens with zero attached hydrogens (tertiary/aromatic N) is 2. The van der Waals surface area contributed by atoms with E-state index in [-0.39, 0.29) is 11.2 Å². The molecule has 0 spiro atoms. The summed E-state index contributed by atoms with van der Waals surface area (Å²) in [6, 6.07) is 16.1. The average Bonchev–Trinajstić information content (AvgIpc) is 3.12. The number of amidine groups is 1. The fraction of sp³-hybridized carbons (Fsp3) is 0.167. The van der Waals surface area contributed by atoms with Crippen molar-refractivity contribution in [2.45, 2.75) is 18.6 Å². The molecule has 1 aromatic heterocycles. The molecule has 1 unspecified atom stereocenters. The topological polar surface area (TPSA) is 54.4 Å². The Hall–Kier alpha value is -2.18. The van der Waals surface area contributed by atoms with Crippen molar-refractivity contribution >= 4 is 49.5 Å². The van der Waals surface area contributed by atoms with Gasteiger partial charge in [-0.3, -0.25) is 4.79 Å². The summed E-state index contributed by atoms with van der Waals surface area (Å²) in [6.45, 7) is 2.07. The highest BCUT2D eigenvalue weighted by atomic mass is 32.2. The van der Waals surface area contributed by atoms with Crippen molar-refractivity contribution in [1.29, 1.82) is 0 Å². The van der Waals surface area contributed by atoms with Gasteiger partial charge in [0.2, 0.25) is 11.0 Å². The largest absolute Gasteiger partial charge is 0.304 e. The molecular weight excluding hydrogens is 338 g/mol. The molecule has 0 saturated carbocycles. The summed E-state index contributed by atoms with van der Waals surface area (Å²) in [7, 11) is 0. The number of hydrogen-bond acceptors (Lipinski definition) is 5. The van der Waals surface area contributed by atoms with Crippen molar-refractivity contribution in [3.63, 3.8) is 0 Å². The number of carbonyl (C=O) groups excluding carboxylic acids is 1. The first-order valence-electron chi connectivity index (χ1n) is 7.65. The van der Waals surface area contributed by atoms with E-state index in [2.05, 4.69) is 34.3 Å². The van der Waals surface area contributed by atoms with Crippen LogP contribution < -0.4 is 5.32 Å². The monoisotopic (exact) mass is 353 g/mol. The maximum absolute atomic E-state index is 12.2. The lowest BCUT2D eigenvalue weighted by Gasteiger charge is -2.08. The molecule has 1 N–H and O–H groups in total. The number of thioether (sulfide) groups is 1. The van der Waals surface area contributed by atoms with Crippen LogP contribution in [0.25, 0.3) is 10.2 Å². The predicted octanol–water partition coefficient (Wildman–Crippen LogP) is 4.07. The third-order valence-electron chi connectivity index (χ3n) is 3.92. The number of carbonyl (C=O) groups is 1. The zero-order valence-corrected chi connectivity index (χ0v) is 14.7.